The fourth-order valence-corrected chi connectivity index (χ4v) is 3.74. The van der Waals surface area contributed by atoms with E-state index in [4.69, 9.17) is 5.73 Å². The second-order valence-electron chi connectivity index (χ2n) is 6.81. The van der Waals surface area contributed by atoms with Crippen LogP contribution in [0.15, 0.2) is 24.5 Å². The fourth-order valence-electron chi connectivity index (χ4n) is 3.74. The quantitative estimate of drug-likeness (QED) is 0.868. The number of alkyl halides is 3. The molecule has 4 rings (SSSR count). The van der Waals surface area contributed by atoms with E-state index in [1.54, 1.807) is 4.90 Å². The zero-order chi connectivity index (χ0) is 17.1. The van der Waals surface area contributed by atoms with Crippen molar-refractivity contribution in [3.63, 3.8) is 0 Å². The van der Waals surface area contributed by atoms with E-state index >= 15 is 0 Å². The number of nitrogens with two attached hydrogens (primary N) is 1. The Morgan fingerprint density at radius 3 is 2.71 bits per heavy atom. The zero-order valence-corrected chi connectivity index (χ0v) is 12.9. The van der Waals surface area contributed by atoms with Gasteiger partial charge in [-0.3, -0.25) is 4.79 Å². The van der Waals surface area contributed by atoms with Crippen molar-refractivity contribution in [3.8, 4) is 0 Å². The lowest BCUT2D eigenvalue weighted by Crippen LogP contribution is -2.45. The van der Waals surface area contributed by atoms with E-state index in [2.05, 4.69) is 4.98 Å². The fraction of sp³-hybridized carbons (Fsp3) is 0.500. The van der Waals surface area contributed by atoms with E-state index in [0.29, 0.717) is 18.7 Å². The minimum atomic E-state index is -4.51. The van der Waals surface area contributed by atoms with Crippen LogP contribution in [0, 0.1) is 5.41 Å². The number of amides is 1. The Labute approximate surface area is 136 Å². The highest BCUT2D eigenvalue weighted by molar-refractivity contribution is 5.95. The first kappa shape index (κ1) is 15.4. The summed E-state index contributed by atoms with van der Waals surface area (Å²) in [4.78, 5) is 18.0. The Balaban J connectivity index is 1.61. The molecule has 5 nitrogen and oxygen atoms in total. The smallest absolute Gasteiger partial charge is 0.336 e. The highest BCUT2D eigenvalue weighted by Gasteiger charge is 2.49. The molecule has 0 radical (unpaired) electrons. The molecule has 1 aliphatic heterocycles. The lowest BCUT2D eigenvalue weighted by atomic mass is 9.66. The summed E-state index contributed by atoms with van der Waals surface area (Å²) in [7, 11) is 0. The molecule has 24 heavy (non-hydrogen) atoms. The highest BCUT2D eigenvalue weighted by Crippen LogP contribution is 2.47. The van der Waals surface area contributed by atoms with Crippen LogP contribution in [0.3, 0.4) is 0 Å². The van der Waals surface area contributed by atoms with Crippen molar-refractivity contribution in [3.05, 3.63) is 35.8 Å². The minimum absolute atomic E-state index is 0.0258. The minimum Gasteiger partial charge on any atom is -0.336 e. The molecule has 128 valence electrons. The lowest BCUT2D eigenvalue weighted by molar-refractivity contribution is -0.140. The molecular weight excluding hydrogens is 321 g/mol. The maximum absolute atomic E-state index is 12.7. The van der Waals surface area contributed by atoms with Crippen LogP contribution in [0.1, 0.15) is 35.3 Å². The molecule has 1 spiro atoms. The number of likely N-dealkylation sites (tertiary alicyclic amines) is 1. The highest BCUT2D eigenvalue weighted by atomic mass is 19.4. The molecule has 2 fully saturated rings. The Hall–Kier alpha value is -2.09. The normalized spacial score (nSPS) is 23.0. The van der Waals surface area contributed by atoms with Gasteiger partial charge in [0.2, 0.25) is 0 Å². The maximum atomic E-state index is 12.7. The Morgan fingerprint density at radius 1 is 1.38 bits per heavy atom. The van der Waals surface area contributed by atoms with Crippen molar-refractivity contribution in [2.24, 2.45) is 11.1 Å². The largest absolute Gasteiger partial charge is 0.434 e. The number of carbonyl (C=O) groups is 1. The molecule has 2 aliphatic rings. The van der Waals surface area contributed by atoms with Crippen LogP contribution in [0.25, 0.3) is 5.65 Å². The second kappa shape index (κ2) is 4.95. The summed E-state index contributed by atoms with van der Waals surface area (Å²) in [6, 6.07) is 2.89. The van der Waals surface area contributed by atoms with Gasteiger partial charge in [0.05, 0.1) is 0 Å². The molecule has 3 heterocycles. The number of hydrogen-bond acceptors (Lipinski definition) is 3. The van der Waals surface area contributed by atoms with Gasteiger partial charge in [0.1, 0.15) is 5.65 Å². The average Bonchev–Trinajstić information content (AvgIpc) is 3.05. The molecule has 1 amide bonds. The first-order valence-electron chi connectivity index (χ1n) is 7.89. The molecule has 1 aliphatic carbocycles. The molecule has 1 saturated heterocycles. The Bertz CT molecular complexity index is 809. The molecule has 0 aromatic carbocycles. The third-order valence-corrected chi connectivity index (χ3v) is 5.34. The van der Waals surface area contributed by atoms with Crippen molar-refractivity contribution < 1.29 is 18.0 Å². The van der Waals surface area contributed by atoms with E-state index in [1.807, 2.05) is 0 Å². The van der Waals surface area contributed by atoms with E-state index < -0.39 is 11.9 Å². The molecular formula is C16H17F3N4O. The van der Waals surface area contributed by atoms with Gasteiger partial charge in [-0.25, -0.2) is 4.98 Å². The van der Waals surface area contributed by atoms with Crippen molar-refractivity contribution in [1.82, 2.24) is 14.3 Å². The predicted octanol–water partition coefficient (Wildman–Crippen LogP) is 2.31. The summed E-state index contributed by atoms with van der Waals surface area (Å²) in [5, 5.41) is 0. The van der Waals surface area contributed by atoms with Crippen LogP contribution >= 0.6 is 0 Å². The lowest BCUT2D eigenvalue weighted by Gasteiger charge is -2.41. The van der Waals surface area contributed by atoms with Gasteiger partial charge in [0.25, 0.3) is 5.91 Å². The summed E-state index contributed by atoms with van der Waals surface area (Å²) >= 11 is 0. The molecule has 1 saturated carbocycles. The summed E-state index contributed by atoms with van der Waals surface area (Å²) in [6.45, 7) is 1.12. The van der Waals surface area contributed by atoms with E-state index in [0.717, 1.165) is 25.5 Å². The van der Waals surface area contributed by atoms with Crippen LogP contribution in [0.2, 0.25) is 0 Å². The van der Waals surface area contributed by atoms with Crippen LogP contribution < -0.4 is 5.73 Å². The van der Waals surface area contributed by atoms with Gasteiger partial charge >= 0.3 is 6.18 Å². The first-order valence-corrected chi connectivity index (χ1v) is 7.89. The molecule has 1 atom stereocenters. The number of aromatic nitrogens is 2. The number of rotatable bonds is 1. The third kappa shape index (κ3) is 2.28. The summed E-state index contributed by atoms with van der Waals surface area (Å²) < 4.78 is 39.5. The number of fused-ring (bicyclic) bond motifs is 1. The SMILES string of the molecule is NC1CN(C(=O)c2ccn3cc(C(F)(F)F)nc3c2)CC12CCC2. The first-order chi connectivity index (χ1) is 11.3. The van der Waals surface area contributed by atoms with Gasteiger partial charge in [-0.15, -0.1) is 0 Å². The molecule has 0 bridgehead atoms. The number of pyridine rings is 1. The number of halogens is 3. The summed E-state index contributed by atoms with van der Waals surface area (Å²) in [5.41, 5.74) is 5.70. The molecule has 2 aromatic heterocycles. The van der Waals surface area contributed by atoms with E-state index in [-0.39, 0.29) is 23.0 Å². The van der Waals surface area contributed by atoms with Crippen molar-refractivity contribution in [2.45, 2.75) is 31.5 Å². The number of carbonyl (C=O) groups excluding carboxylic acids is 1. The van der Waals surface area contributed by atoms with Gasteiger partial charge in [-0.2, -0.15) is 13.2 Å². The molecule has 2 aromatic rings. The van der Waals surface area contributed by atoms with Gasteiger partial charge in [-0.05, 0) is 25.0 Å². The summed E-state index contributed by atoms with van der Waals surface area (Å²) in [6.07, 6.45) is 1.04. The number of nitrogens with zero attached hydrogens (tertiary/aromatic N) is 3. The second-order valence-corrected chi connectivity index (χ2v) is 6.81. The van der Waals surface area contributed by atoms with Gasteiger partial charge in [0, 0.05) is 42.5 Å². The monoisotopic (exact) mass is 338 g/mol. The van der Waals surface area contributed by atoms with Gasteiger partial charge in [0.15, 0.2) is 5.69 Å². The van der Waals surface area contributed by atoms with Crippen LogP contribution in [-0.2, 0) is 6.18 Å². The third-order valence-electron chi connectivity index (χ3n) is 5.34. The van der Waals surface area contributed by atoms with Crippen LogP contribution in [0.5, 0.6) is 0 Å². The summed E-state index contributed by atoms with van der Waals surface area (Å²) in [5.74, 6) is -0.201. The molecule has 8 heteroatoms. The van der Waals surface area contributed by atoms with Crippen LogP contribution in [-0.4, -0.2) is 39.3 Å². The number of hydrogen-bond donors (Lipinski definition) is 1. The standard InChI is InChI=1S/C16H17F3N4O/c17-16(18,19)12-8-22-5-2-10(6-13(22)21-12)14(24)23-7-11(20)15(9-23)3-1-4-15/h2,5-6,8,11H,1,3-4,7,9,20H2. The van der Waals surface area contributed by atoms with Gasteiger partial charge in [-0.1, -0.05) is 6.42 Å². The van der Waals surface area contributed by atoms with E-state index in [1.165, 1.54) is 22.7 Å². The van der Waals surface area contributed by atoms with Crippen LogP contribution in [0.4, 0.5) is 13.2 Å². The predicted molar refractivity (Wildman–Crippen MR) is 80.4 cm³/mol. The Kier molecular flexibility index (Phi) is 3.19. The zero-order valence-electron chi connectivity index (χ0n) is 12.9. The maximum Gasteiger partial charge on any atom is 0.434 e. The topological polar surface area (TPSA) is 63.6 Å². The molecule has 1 unspecified atom stereocenters. The molecule has 2 N–H and O–H groups in total. The van der Waals surface area contributed by atoms with Crippen molar-refractivity contribution >= 4 is 11.6 Å². The van der Waals surface area contributed by atoms with Crippen molar-refractivity contribution in [2.75, 3.05) is 13.1 Å². The van der Waals surface area contributed by atoms with E-state index in [9.17, 15) is 18.0 Å². The van der Waals surface area contributed by atoms with Gasteiger partial charge < -0.3 is 15.0 Å². The van der Waals surface area contributed by atoms with Crippen molar-refractivity contribution in [1.29, 1.82) is 0 Å². The number of imidazole rings is 1. The Morgan fingerprint density at radius 2 is 2.12 bits per heavy atom. The average molecular weight is 338 g/mol.